The van der Waals surface area contributed by atoms with Crippen LogP contribution in [-0.4, -0.2) is 17.2 Å². The van der Waals surface area contributed by atoms with E-state index in [1.165, 1.54) is 0 Å². The van der Waals surface area contributed by atoms with E-state index in [4.69, 9.17) is 9.47 Å². The van der Waals surface area contributed by atoms with Crippen molar-refractivity contribution >= 4 is 11.3 Å². The van der Waals surface area contributed by atoms with Gasteiger partial charge < -0.3 is 14.6 Å². The Morgan fingerprint density at radius 3 is 3.00 bits per heavy atom. The van der Waals surface area contributed by atoms with Gasteiger partial charge >= 0.3 is 0 Å². The Morgan fingerprint density at radius 1 is 1.47 bits per heavy atom. The third-order valence-electron chi connectivity index (χ3n) is 3.20. The minimum atomic E-state index is -0.524. The maximum atomic E-state index is 10.2. The lowest BCUT2D eigenvalue weighted by atomic mass is 9.99. The molecule has 2 aromatic rings. The van der Waals surface area contributed by atoms with Crippen LogP contribution in [0.1, 0.15) is 34.9 Å². The van der Waals surface area contributed by atoms with Crippen LogP contribution in [0.4, 0.5) is 0 Å². The molecule has 0 amide bonds. The molecule has 1 aliphatic heterocycles. The molecule has 0 saturated carbocycles. The van der Waals surface area contributed by atoms with E-state index in [0.717, 1.165) is 22.0 Å². The average Bonchev–Trinajstić information content (AvgIpc) is 2.84. The number of hydrogen-bond acceptors (Lipinski definition) is 5. The lowest BCUT2D eigenvalue weighted by Crippen LogP contribution is -2.19. The van der Waals surface area contributed by atoms with Crippen molar-refractivity contribution in [3.63, 3.8) is 0 Å². The highest BCUT2D eigenvalue weighted by atomic mass is 32.1. The number of aliphatic hydroxyl groups excluding tert-OH is 1. The predicted octanol–water partition coefficient (Wildman–Crippen LogP) is 3.02. The van der Waals surface area contributed by atoms with E-state index in [9.17, 15) is 5.11 Å². The number of thiazole rings is 1. The zero-order valence-corrected chi connectivity index (χ0v) is 11.6. The number of fused-ring (bicyclic) bond motifs is 1. The zero-order valence-electron chi connectivity index (χ0n) is 10.8. The fraction of sp³-hybridized carbons (Fsp3) is 0.357. The van der Waals surface area contributed by atoms with Gasteiger partial charge in [0.15, 0.2) is 6.10 Å². The van der Waals surface area contributed by atoms with Crippen LogP contribution in [0.5, 0.6) is 11.5 Å². The monoisotopic (exact) mass is 277 g/mol. The van der Waals surface area contributed by atoms with Crippen LogP contribution in [0.15, 0.2) is 23.6 Å². The lowest BCUT2D eigenvalue weighted by molar-refractivity contribution is 0.0653. The Morgan fingerprint density at radius 2 is 2.32 bits per heavy atom. The maximum absolute atomic E-state index is 10.2. The van der Waals surface area contributed by atoms with Crippen molar-refractivity contribution in [1.82, 2.24) is 4.98 Å². The number of aryl methyl sites for hydroxylation is 1. The molecule has 1 aliphatic rings. The SMILES string of the molecule is COc1ccc2c(c1)OC(c1nc(C)cs1)CC2O. The molecule has 0 saturated heterocycles. The van der Waals surface area contributed by atoms with Gasteiger partial charge in [0.2, 0.25) is 0 Å². The fourth-order valence-corrected chi connectivity index (χ4v) is 3.06. The summed E-state index contributed by atoms with van der Waals surface area (Å²) in [6.45, 7) is 1.95. The van der Waals surface area contributed by atoms with E-state index < -0.39 is 6.10 Å². The van der Waals surface area contributed by atoms with Gasteiger partial charge in [0.25, 0.3) is 0 Å². The highest BCUT2D eigenvalue weighted by molar-refractivity contribution is 7.09. The number of nitrogens with zero attached hydrogens (tertiary/aromatic N) is 1. The van der Waals surface area contributed by atoms with E-state index >= 15 is 0 Å². The van der Waals surface area contributed by atoms with Crippen LogP contribution in [0.3, 0.4) is 0 Å². The van der Waals surface area contributed by atoms with Crippen molar-refractivity contribution in [3.05, 3.63) is 39.8 Å². The van der Waals surface area contributed by atoms with Gasteiger partial charge in [-0.2, -0.15) is 0 Å². The second kappa shape index (κ2) is 4.83. The standard InChI is InChI=1S/C14H15NO3S/c1-8-7-19-14(15-8)13-6-11(16)10-4-3-9(17-2)5-12(10)18-13/h3-5,7,11,13,16H,6H2,1-2H3. The largest absolute Gasteiger partial charge is 0.497 e. The molecule has 1 aromatic heterocycles. The molecule has 0 radical (unpaired) electrons. The molecule has 0 fully saturated rings. The van der Waals surface area contributed by atoms with Gasteiger partial charge in [0.1, 0.15) is 16.5 Å². The van der Waals surface area contributed by atoms with Gasteiger partial charge in [-0.3, -0.25) is 0 Å². The van der Waals surface area contributed by atoms with Crippen molar-refractivity contribution < 1.29 is 14.6 Å². The molecule has 19 heavy (non-hydrogen) atoms. The van der Waals surface area contributed by atoms with Crippen molar-refractivity contribution in [3.8, 4) is 11.5 Å². The van der Waals surface area contributed by atoms with Crippen molar-refractivity contribution in [1.29, 1.82) is 0 Å². The zero-order chi connectivity index (χ0) is 13.4. The smallest absolute Gasteiger partial charge is 0.153 e. The van der Waals surface area contributed by atoms with Gasteiger partial charge in [-0.25, -0.2) is 4.98 Å². The van der Waals surface area contributed by atoms with Crippen LogP contribution >= 0.6 is 11.3 Å². The summed E-state index contributed by atoms with van der Waals surface area (Å²) in [5, 5.41) is 13.1. The molecule has 0 aliphatic carbocycles. The first kappa shape index (κ1) is 12.4. The van der Waals surface area contributed by atoms with Crippen LogP contribution in [0, 0.1) is 6.92 Å². The van der Waals surface area contributed by atoms with E-state index in [2.05, 4.69) is 4.98 Å². The first-order chi connectivity index (χ1) is 9.17. The third kappa shape index (κ3) is 2.31. The van der Waals surface area contributed by atoms with E-state index in [-0.39, 0.29) is 6.10 Å². The summed E-state index contributed by atoms with van der Waals surface area (Å²) < 4.78 is 11.1. The van der Waals surface area contributed by atoms with Gasteiger partial charge in [0, 0.05) is 29.1 Å². The van der Waals surface area contributed by atoms with Crippen LogP contribution < -0.4 is 9.47 Å². The molecule has 1 aromatic carbocycles. The number of benzene rings is 1. The molecule has 2 atom stereocenters. The lowest BCUT2D eigenvalue weighted by Gasteiger charge is -2.28. The predicted molar refractivity (Wildman–Crippen MR) is 72.8 cm³/mol. The molecule has 4 nitrogen and oxygen atoms in total. The van der Waals surface area contributed by atoms with Gasteiger partial charge in [-0.05, 0) is 19.1 Å². The Balaban J connectivity index is 1.93. The minimum absolute atomic E-state index is 0.187. The van der Waals surface area contributed by atoms with Crippen molar-refractivity contribution in [2.75, 3.05) is 7.11 Å². The van der Waals surface area contributed by atoms with Crippen LogP contribution in [0.25, 0.3) is 0 Å². The quantitative estimate of drug-likeness (QED) is 0.916. The highest BCUT2D eigenvalue weighted by Gasteiger charge is 2.30. The number of methoxy groups -OCH3 is 1. The topological polar surface area (TPSA) is 51.6 Å². The van der Waals surface area contributed by atoms with E-state index in [1.807, 2.05) is 30.5 Å². The molecular formula is C14H15NO3S. The first-order valence-electron chi connectivity index (χ1n) is 6.12. The third-order valence-corrected chi connectivity index (χ3v) is 4.25. The Hall–Kier alpha value is -1.59. The van der Waals surface area contributed by atoms with Crippen LogP contribution in [-0.2, 0) is 0 Å². The molecule has 0 spiro atoms. The summed E-state index contributed by atoms with van der Waals surface area (Å²) in [6, 6.07) is 5.49. The summed E-state index contributed by atoms with van der Waals surface area (Å²) in [4.78, 5) is 4.44. The highest BCUT2D eigenvalue weighted by Crippen LogP contribution is 2.42. The Bertz CT molecular complexity index is 596. The molecule has 100 valence electrons. The van der Waals surface area contributed by atoms with Gasteiger partial charge in [-0.1, -0.05) is 0 Å². The number of aromatic nitrogens is 1. The van der Waals surface area contributed by atoms with Gasteiger partial charge in [-0.15, -0.1) is 11.3 Å². The molecule has 0 bridgehead atoms. The van der Waals surface area contributed by atoms with Crippen LogP contribution in [0.2, 0.25) is 0 Å². The number of rotatable bonds is 2. The number of aliphatic hydroxyl groups is 1. The maximum Gasteiger partial charge on any atom is 0.153 e. The average molecular weight is 277 g/mol. The van der Waals surface area contributed by atoms with Crippen molar-refractivity contribution in [2.24, 2.45) is 0 Å². The summed E-state index contributed by atoms with van der Waals surface area (Å²) in [6.07, 6.45) is -0.177. The second-order valence-electron chi connectivity index (χ2n) is 4.59. The normalized spacial score (nSPS) is 21.6. The molecule has 1 N–H and O–H groups in total. The summed E-state index contributed by atoms with van der Waals surface area (Å²) in [7, 11) is 1.61. The summed E-state index contributed by atoms with van der Waals surface area (Å²) in [5.74, 6) is 1.40. The Kier molecular flexibility index (Phi) is 3.16. The molecule has 3 rings (SSSR count). The number of hydrogen-bond donors (Lipinski definition) is 1. The molecule has 5 heteroatoms. The fourth-order valence-electron chi connectivity index (χ4n) is 2.22. The minimum Gasteiger partial charge on any atom is -0.497 e. The van der Waals surface area contributed by atoms with Gasteiger partial charge in [0.05, 0.1) is 13.2 Å². The summed E-state index contributed by atoms with van der Waals surface area (Å²) in [5.41, 5.74) is 1.79. The van der Waals surface area contributed by atoms with E-state index in [0.29, 0.717) is 12.2 Å². The molecule has 2 heterocycles. The molecular weight excluding hydrogens is 262 g/mol. The summed E-state index contributed by atoms with van der Waals surface area (Å²) >= 11 is 1.56. The first-order valence-corrected chi connectivity index (χ1v) is 7.00. The van der Waals surface area contributed by atoms with Crippen molar-refractivity contribution in [2.45, 2.75) is 25.6 Å². The molecule has 2 unspecified atom stereocenters. The number of ether oxygens (including phenoxy) is 2. The Labute approximate surface area is 115 Å². The van der Waals surface area contributed by atoms with E-state index in [1.54, 1.807) is 18.4 Å². The second-order valence-corrected chi connectivity index (χ2v) is 5.48.